The first kappa shape index (κ1) is 13.9. The Morgan fingerprint density at radius 2 is 1.89 bits per heavy atom. The zero-order valence-electron chi connectivity index (χ0n) is 11.2. The van der Waals surface area contributed by atoms with Crippen molar-refractivity contribution in [3.8, 4) is 11.5 Å². The monoisotopic (exact) mass is 276 g/mol. The van der Waals surface area contributed by atoms with Crippen LogP contribution in [-0.4, -0.2) is 21.5 Å². The van der Waals surface area contributed by atoms with Gasteiger partial charge in [0.05, 0.1) is 5.02 Å². The van der Waals surface area contributed by atoms with Crippen LogP contribution in [0, 0.1) is 13.8 Å². The van der Waals surface area contributed by atoms with Crippen LogP contribution >= 0.6 is 11.6 Å². The van der Waals surface area contributed by atoms with Crippen LogP contribution in [0.15, 0.2) is 18.3 Å². The van der Waals surface area contributed by atoms with E-state index in [0.717, 1.165) is 24.2 Å². The third-order valence-corrected chi connectivity index (χ3v) is 3.33. The van der Waals surface area contributed by atoms with Gasteiger partial charge in [-0.15, -0.1) is 0 Å². The van der Waals surface area contributed by atoms with Crippen molar-refractivity contribution in [3.05, 3.63) is 40.3 Å². The molecule has 0 bridgehead atoms. The van der Waals surface area contributed by atoms with E-state index in [1.807, 2.05) is 13.8 Å². The molecule has 0 aliphatic carbocycles. The lowest BCUT2D eigenvalue weighted by molar-refractivity contribution is 0.805. The summed E-state index contributed by atoms with van der Waals surface area (Å²) in [4.78, 5) is 13.3. The molecule has 19 heavy (non-hydrogen) atoms. The summed E-state index contributed by atoms with van der Waals surface area (Å²) in [6, 6.07) is 3.58. The average Bonchev–Trinajstić information content (AvgIpc) is 2.38. The van der Waals surface area contributed by atoms with Crippen LogP contribution in [0.2, 0.25) is 5.02 Å². The summed E-state index contributed by atoms with van der Waals surface area (Å²) in [5, 5.41) is 0.566. The Labute approximate surface area is 118 Å². The zero-order valence-corrected chi connectivity index (χ0v) is 11.9. The third-order valence-electron chi connectivity index (χ3n) is 3.02. The number of hydrogen-bond acceptors (Lipinski definition) is 4. The van der Waals surface area contributed by atoms with Gasteiger partial charge in [0.1, 0.15) is 5.69 Å². The molecule has 0 radical (unpaired) electrons. The van der Waals surface area contributed by atoms with Crippen molar-refractivity contribution >= 4 is 11.6 Å². The molecule has 2 aromatic heterocycles. The zero-order chi connectivity index (χ0) is 13.8. The van der Waals surface area contributed by atoms with Crippen molar-refractivity contribution in [1.29, 1.82) is 0 Å². The number of hydrogen-bond donors (Lipinski definition) is 1. The van der Waals surface area contributed by atoms with Crippen molar-refractivity contribution in [3.63, 3.8) is 0 Å². The Morgan fingerprint density at radius 3 is 2.47 bits per heavy atom. The van der Waals surface area contributed by atoms with E-state index < -0.39 is 0 Å². The molecule has 0 aliphatic heterocycles. The van der Waals surface area contributed by atoms with E-state index in [4.69, 9.17) is 17.3 Å². The van der Waals surface area contributed by atoms with Gasteiger partial charge in [-0.3, -0.25) is 4.98 Å². The molecule has 100 valence electrons. The molecule has 5 heteroatoms. The lowest BCUT2D eigenvalue weighted by Crippen LogP contribution is -2.07. The van der Waals surface area contributed by atoms with Gasteiger partial charge in [-0.1, -0.05) is 11.6 Å². The molecular formula is C14H17ClN4. The minimum atomic E-state index is 0.566. The quantitative estimate of drug-likeness (QED) is 0.932. The number of aryl methyl sites for hydroxylation is 2. The third kappa shape index (κ3) is 3.08. The summed E-state index contributed by atoms with van der Waals surface area (Å²) < 4.78 is 0. The Kier molecular flexibility index (Phi) is 4.45. The van der Waals surface area contributed by atoms with E-state index in [2.05, 4.69) is 15.0 Å². The first-order chi connectivity index (χ1) is 9.13. The molecule has 0 saturated heterocycles. The van der Waals surface area contributed by atoms with Gasteiger partial charge in [0.2, 0.25) is 0 Å². The fraction of sp³-hybridized carbons (Fsp3) is 0.357. The van der Waals surface area contributed by atoms with Gasteiger partial charge < -0.3 is 5.73 Å². The molecule has 0 aliphatic rings. The molecule has 2 N–H and O–H groups in total. The second-order valence-electron chi connectivity index (χ2n) is 4.42. The molecular weight excluding hydrogens is 260 g/mol. The van der Waals surface area contributed by atoms with Crippen LogP contribution < -0.4 is 5.73 Å². The van der Waals surface area contributed by atoms with Crippen LogP contribution in [0.3, 0.4) is 0 Å². The van der Waals surface area contributed by atoms with Gasteiger partial charge in [-0.2, -0.15) is 0 Å². The molecule has 0 fully saturated rings. The highest BCUT2D eigenvalue weighted by Crippen LogP contribution is 2.24. The van der Waals surface area contributed by atoms with Gasteiger partial charge in [0.25, 0.3) is 0 Å². The van der Waals surface area contributed by atoms with Gasteiger partial charge in [0.15, 0.2) is 5.82 Å². The van der Waals surface area contributed by atoms with E-state index in [1.165, 1.54) is 5.56 Å². The predicted molar refractivity (Wildman–Crippen MR) is 77.1 cm³/mol. The molecule has 0 spiro atoms. The van der Waals surface area contributed by atoms with E-state index in [9.17, 15) is 0 Å². The van der Waals surface area contributed by atoms with Crippen LogP contribution in [0.4, 0.5) is 0 Å². The van der Waals surface area contributed by atoms with Crippen molar-refractivity contribution in [1.82, 2.24) is 15.0 Å². The summed E-state index contributed by atoms with van der Waals surface area (Å²) in [5.74, 6) is 0.581. The maximum atomic E-state index is 6.13. The van der Waals surface area contributed by atoms with Crippen molar-refractivity contribution in [2.75, 3.05) is 6.54 Å². The van der Waals surface area contributed by atoms with Crippen LogP contribution in [0.25, 0.3) is 11.5 Å². The maximum Gasteiger partial charge on any atom is 0.180 e. The Balaban J connectivity index is 2.43. The molecule has 2 aromatic rings. The molecule has 4 nitrogen and oxygen atoms in total. The standard InChI is InChI=1S/C14H17ClN4/c1-9-11(5-3-7-16)10(2)19-14(18-9)13-12(15)6-4-8-17-13/h4,6,8H,3,5,7,16H2,1-2H3. The molecule has 0 unspecified atom stereocenters. The van der Waals surface area contributed by atoms with Crippen LogP contribution in [-0.2, 0) is 6.42 Å². The number of nitrogens with zero attached hydrogens (tertiary/aromatic N) is 3. The predicted octanol–water partition coefficient (Wildman–Crippen LogP) is 2.70. The minimum absolute atomic E-state index is 0.566. The SMILES string of the molecule is Cc1nc(-c2ncccc2Cl)nc(C)c1CCCN. The summed E-state index contributed by atoms with van der Waals surface area (Å²) in [7, 11) is 0. The molecule has 0 atom stereocenters. The summed E-state index contributed by atoms with van der Waals surface area (Å²) >= 11 is 6.13. The lowest BCUT2D eigenvalue weighted by atomic mass is 10.1. The summed E-state index contributed by atoms with van der Waals surface area (Å²) in [6.07, 6.45) is 3.54. The minimum Gasteiger partial charge on any atom is -0.330 e. The lowest BCUT2D eigenvalue weighted by Gasteiger charge is -2.10. The fourth-order valence-electron chi connectivity index (χ4n) is 2.04. The largest absolute Gasteiger partial charge is 0.330 e. The Morgan fingerprint density at radius 1 is 1.21 bits per heavy atom. The number of rotatable bonds is 4. The van der Waals surface area contributed by atoms with E-state index in [-0.39, 0.29) is 0 Å². The Bertz CT molecular complexity index is 560. The molecule has 2 heterocycles. The van der Waals surface area contributed by atoms with Gasteiger partial charge in [0, 0.05) is 17.6 Å². The number of aromatic nitrogens is 3. The highest BCUT2D eigenvalue weighted by atomic mass is 35.5. The normalized spacial score (nSPS) is 10.7. The number of pyridine rings is 1. The van der Waals surface area contributed by atoms with E-state index >= 15 is 0 Å². The summed E-state index contributed by atoms with van der Waals surface area (Å²) in [6.45, 7) is 4.65. The maximum absolute atomic E-state index is 6.13. The summed E-state index contributed by atoms with van der Waals surface area (Å²) in [5.41, 5.74) is 9.28. The van der Waals surface area contributed by atoms with Gasteiger partial charge in [-0.05, 0) is 50.9 Å². The van der Waals surface area contributed by atoms with Gasteiger partial charge in [-0.25, -0.2) is 9.97 Å². The van der Waals surface area contributed by atoms with Gasteiger partial charge >= 0.3 is 0 Å². The van der Waals surface area contributed by atoms with E-state index in [0.29, 0.717) is 23.1 Å². The number of nitrogens with two attached hydrogens (primary N) is 1. The molecule has 2 rings (SSSR count). The first-order valence-corrected chi connectivity index (χ1v) is 6.66. The second-order valence-corrected chi connectivity index (χ2v) is 4.83. The number of halogens is 1. The second kappa shape index (κ2) is 6.08. The molecule has 0 amide bonds. The van der Waals surface area contributed by atoms with Crippen LogP contribution in [0.5, 0.6) is 0 Å². The fourth-order valence-corrected chi connectivity index (χ4v) is 2.24. The molecule has 0 saturated carbocycles. The van der Waals surface area contributed by atoms with E-state index in [1.54, 1.807) is 18.3 Å². The molecule has 0 aromatic carbocycles. The highest BCUT2D eigenvalue weighted by Gasteiger charge is 2.12. The first-order valence-electron chi connectivity index (χ1n) is 6.28. The topological polar surface area (TPSA) is 64.7 Å². The van der Waals surface area contributed by atoms with Crippen molar-refractivity contribution in [2.24, 2.45) is 5.73 Å². The van der Waals surface area contributed by atoms with Crippen LogP contribution in [0.1, 0.15) is 23.4 Å². The smallest absolute Gasteiger partial charge is 0.180 e. The average molecular weight is 277 g/mol. The van der Waals surface area contributed by atoms with Crippen molar-refractivity contribution < 1.29 is 0 Å². The van der Waals surface area contributed by atoms with Crippen molar-refractivity contribution in [2.45, 2.75) is 26.7 Å². The highest BCUT2D eigenvalue weighted by molar-refractivity contribution is 6.32. The Hall–Kier alpha value is -1.52.